The molecule has 1 aliphatic rings. The van der Waals surface area contributed by atoms with Gasteiger partial charge in [-0.2, -0.15) is 0 Å². The Morgan fingerprint density at radius 3 is 2.86 bits per heavy atom. The number of furan rings is 1. The van der Waals surface area contributed by atoms with E-state index in [4.69, 9.17) is 4.42 Å². The number of aryl methyl sites for hydroxylation is 1. The van der Waals surface area contributed by atoms with Crippen LogP contribution < -0.4 is 10.9 Å². The normalized spacial score (nSPS) is 20.5. The predicted octanol–water partition coefficient (Wildman–Crippen LogP) is 3.59. The third-order valence-electron chi connectivity index (χ3n) is 4.07. The summed E-state index contributed by atoms with van der Waals surface area (Å²) >= 11 is 0. The number of anilines is 1. The fourth-order valence-corrected chi connectivity index (χ4v) is 2.65. The third kappa shape index (κ3) is 3.20. The molecule has 0 aliphatic heterocycles. The highest BCUT2D eigenvalue weighted by Gasteiger charge is 2.36. The number of aromatic nitrogens is 1. The maximum atomic E-state index is 11.7. The van der Waals surface area contributed by atoms with E-state index < -0.39 is 0 Å². The molecule has 1 fully saturated rings. The highest BCUT2D eigenvalue weighted by molar-refractivity contribution is 5.40. The van der Waals surface area contributed by atoms with Crippen molar-refractivity contribution in [2.75, 3.05) is 5.32 Å². The van der Waals surface area contributed by atoms with Crippen molar-refractivity contribution in [3.63, 3.8) is 0 Å². The lowest BCUT2D eigenvalue weighted by atomic mass is 10.3. The Labute approximate surface area is 124 Å². The summed E-state index contributed by atoms with van der Waals surface area (Å²) in [6, 6.07) is 7.55. The van der Waals surface area contributed by atoms with Crippen LogP contribution in [0.3, 0.4) is 0 Å². The minimum absolute atomic E-state index is 0.0467. The minimum atomic E-state index is 0.0467. The van der Waals surface area contributed by atoms with Crippen LogP contribution in [0.15, 0.2) is 39.7 Å². The molecule has 0 spiro atoms. The zero-order chi connectivity index (χ0) is 14.8. The van der Waals surface area contributed by atoms with E-state index in [0.29, 0.717) is 12.5 Å². The molecule has 0 aromatic carbocycles. The standard InChI is InChI=1S/C17H22N2O2/c1-3-8-19-11-13(4-7-17(19)20)18-10-14-5-6-16(21-14)15-9-12(15)2/h4-7,11-12,15,18H,3,8-10H2,1-2H3. The van der Waals surface area contributed by atoms with Gasteiger partial charge in [0.05, 0.1) is 12.2 Å². The van der Waals surface area contributed by atoms with Crippen LogP contribution in [0.25, 0.3) is 0 Å². The lowest BCUT2D eigenvalue weighted by molar-refractivity contribution is 0.468. The summed E-state index contributed by atoms with van der Waals surface area (Å²) in [5.74, 6) is 3.42. The summed E-state index contributed by atoms with van der Waals surface area (Å²) in [7, 11) is 0. The molecule has 0 radical (unpaired) electrons. The Morgan fingerprint density at radius 2 is 2.14 bits per heavy atom. The molecule has 0 amide bonds. The number of pyridine rings is 1. The predicted molar refractivity (Wildman–Crippen MR) is 83.5 cm³/mol. The van der Waals surface area contributed by atoms with Crippen LogP contribution in [-0.2, 0) is 13.1 Å². The van der Waals surface area contributed by atoms with Gasteiger partial charge in [0, 0.05) is 24.7 Å². The van der Waals surface area contributed by atoms with Gasteiger partial charge in [0.15, 0.2) is 0 Å². The van der Waals surface area contributed by atoms with Gasteiger partial charge >= 0.3 is 0 Å². The lowest BCUT2D eigenvalue weighted by Crippen LogP contribution is -2.18. The molecule has 21 heavy (non-hydrogen) atoms. The molecule has 112 valence electrons. The lowest BCUT2D eigenvalue weighted by Gasteiger charge is -2.08. The molecule has 1 N–H and O–H groups in total. The third-order valence-corrected chi connectivity index (χ3v) is 4.07. The Bertz CT molecular complexity index is 671. The summed E-state index contributed by atoms with van der Waals surface area (Å²) < 4.78 is 7.61. The number of hydrogen-bond donors (Lipinski definition) is 1. The average Bonchev–Trinajstić information content (AvgIpc) is 3.01. The highest BCUT2D eigenvalue weighted by Crippen LogP contribution is 2.47. The monoisotopic (exact) mass is 286 g/mol. The quantitative estimate of drug-likeness (QED) is 0.882. The van der Waals surface area contributed by atoms with E-state index in [2.05, 4.69) is 25.2 Å². The summed E-state index contributed by atoms with van der Waals surface area (Å²) in [6.07, 6.45) is 4.06. The minimum Gasteiger partial charge on any atom is -0.464 e. The van der Waals surface area contributed by atoms with Crippen molar-refractivity contribution in [1.82, 2.24) is 4.57 Å². The van der Waals surface area contributed by atoms with Crippen molar-refractivity contribution in [2.24, 2.45) is 5.92 Å². The molecule has 2 unspecified atom stereocenters. The van der Waals surface area contributed by atoms with Crippen LogP contribution in [0.5, 0.6) is 0 Å². The highest BCUT2D eigenvalue weighted by atomic mass is 16.3. The van der Waals surface area contributed by atoms with Gasteiger partial charge in [-0.25, -0.2) is 0 Å². The van der Waals surface area contributed by atoms with E-state index in [0.717, 1.165) is 36.1 Å². The molecule has 0 bridgehead atoms. The number of nitrogens with zero attached hydrogens (tertiary/aromatic N) is 1. The number of hydrogen-bond acceptors (Lipinski definition) is 3. The zero-order valence-electron chi connectivity index (χ0n) is 12.6. The first kappa shape index (κ1) is 14.0. The van der Waals surface area contributed by atoms with E-state index in [1.165, 1.54) is 6.42 Å². The summed E-state index contributed by atoms with van der Waals surface area (Å²) in [6.45, 7) is 5.71. The first-order valence-electron chi connectivity index (χ1n) is 7.70. The van der Waals surface area contributed by atoms with Crippen LogP contribution in [0, 0.1) is 5.92 Å². The van der Waals surface area contributed by atoms with Gasteiger partial charge in [-0.1, -0.05) is 13.8 Å². The Hall–Kier alpha value is -1.97. The first-order valence-corrected chi connectivity index (χ1v) is 7.70. The maximum absolute atomic E-state index is 11.7. The van der Waals surface area contributed by atoms with Gasteiger partial charge in [0.2, 0.25) is 0 Å². The average molecular weight is 286 g/mol. The van der Waals surface area contributed by atoms with Crippen molar-refractivity contribution < 1.29 is 4.42 Å². The van der Waals surface area contributed by atoms with Crippen LogP contribution in [-0.4, -0.2) is 4.57 Å². The molecule has 1 saturated carbocycles. The molecule has 0 saturated heterocycles. The van der Waals surface area contributed by atoms with Gasteiger partial charge in [0.25, 0.3) is 5.56 Å². The summed E-state index contributed by atoms with van der Waals surface area (Å²) in [4.78, 5) is 11.7. The SMILES string of the molecule is CCCn1cc(NCc2ccc(C3CC3C)o2)ccc1=O. The van der Waals surface area contributed by atoms with Crippen LogP contribution in [0.2, 0.25) is 0 Å². The van der Waals surface area contributed by atoms with Crippen molar-refractivity contribution in [3.8, 4) is 0 Å². The molecule has 2 aromatic rings. The van der Waals surface area contributed by atoms with Crippen molar-refractivity contribution in [3.05, 3.63) is 52.3 Å². The van der Waals surface area contributed by atoms with Crippen molar-refractivity contribution >= 4 is 5.69 Å². The van der Waals surface area contributed by atoms with Crippen LogP contribution in [0.4, 0.5) is 5.69 Å². The van der Waals surface area contributed by atoms with E-state index in [1.54, 1.807) is 10.6 Å². The van der Waals surface area contributed by atoms with Gasteiger partial charge in [0.1, 0.15) is 11.5 Å². The molecule has 4 heteroatoms. The summed E-state index contributed by atoms with van der Waals surface area (Å²) in [5, 5.41) is 3.32. The van der Waals surface area contributed by atoms with Crippen LogP contribution in [0.1, 0.15) is 44.1 Å². The number of rotatable bonds is 6. The van der Waals surface area contributed by atoms with Crippen LogP contribution >= 0.6 is 0 Å². The van der Waals surface area contributed by atoms with E-state index in [9.17, 15) is 4.79 Å². The molecule has 4 nitrogen and oxygen atoms in total. The van der Waals surface area contributed by atoms with E-state index in [-0.39, 0.29) is 5.56 Å². The fourth-order valence-electron chi connectivity index (χ4n) is 2.65. The molecular formula is C17H22N2O2. The van der Waals surface area contributed by atoms with Crippen molar-refractivity contribution in [2.45, 2.75) is 45.7 Å². The number of nitrogens with one attached hydrogen (secondary N) is 1. The Balaban J connectivity index is 1.63. The molecule has 2 aromatic heterocycles. The fraction of sp³-hybridized carbons (Fsp3) is 0.471. The smallest absolute Gasteiger partial charge is 0.250 e. The van der Waals surface area contributed by atoms with Gasteiger partial charge in [-0.3, -0.25) is 4.79 Å². The molecular weight excluding hydrogens is 264 g/mol. The largest absolute Gasteiger partial charge is 0.464 e. The first-order chi connectivity index (χ1) is 10.2. The second-order valence-electron chi connectivity index (χ2n) is 5.93. The van der Waals surface area contributed by atoms with Crippen molar-refractivity contribution in [1.29, 1.82) is 0 Å². The maximum Gasteiger partial charge on any atom is 0.250 e. The van der Waals surface area contributed by atoms with Gasteiger partial charge < -0.3 is 14.3 Å². The summed E-state index contributed by atoms with van der Waals surface area (Å²) in [5.41, 5.74) is 0.992. The van der Waals surface area contributed by atoms with Gasteiger partial charge in [-0.05, 0) is 37.0 Å². The topological polar surface area (TPSA) is 47.2 Å². The molecule has 2 heterocycles. The second kappa shape index (κ2) is 5.80. The molecule has 3 rings (SSSR count). The molecule has 1 aliphatic carbocycles. The zero-order valence-corrected chi connectivity index (χ0v) is 12.6. The van der Waals surface area contributed by atoms with E-state index >= 15 is 0 Å². The van der Waals surface area contributed by atoms with Gasteiger partial charge in [-0.15, -0.1) is 0 Å². The van der Waals surface area contributed by atoms with E-state index in [1.807, 2.05) is 18.3 Å². The Kier molecular flexibility index (Phi) is 3.86. The Morgan fingerprint density at radius 1 is 1.33 bits per heavy atom. The molecule has 2 atom stereocenters. The second-order valence-corrected chi connectivity index (χ2v) is 5.93.